The van der Waals surface area contributed by atoms with E-state index in [0.717, 1.165) is 32.7 Å². The second kappa shape index (κ2) is 8.17. The van der Waals surface area contributed by atoms with Crippen molar-refractivity contribution in [1.82, 2.24) is 0 Å². The number of aliphatic hydroxyl groups excluding tert-OH is 4. The van der Waals surface area contributed by atoms with Gasteiger partial charge in [-0.15, -0.1) is 0 Å². The molecule has 0 radical (unpaired) electrons. The Morgan fingerprint density at radius 3 is 1.23 bits per heavy atom. The molecule has 0 aliphatic rings. The van der Waals surface area contributed by atoms with Crippen molar-refractivity contribution in [3.8, 4) is 11.1 Å². The summed E-state index contributed by atoms with van der Waals surface area (Å²) in [5.41, 5.74) is 2.68. The van der Waals surface area contributed by atoms with Crippen LogP contribution in [-0.4, -0.2) is 32.6 Å². The van der Waals surface area contributed by atoms with E-state index in [-0.39, 0.29) is 0 Å². The largest absolute Gasteiger partial charge is 0.390 e. The zero-order valence-electron chi connectivity index (χ0n) is 17.0. The standard InChI is InChI=1S/C26H26O4/c1-15(27)25(29)21-13-11-17-7-3-5-9-19(17)23(21)24-20-10-6-4-8-18(20)12-14-22(24)26(30)16(2)28/h3-16,25-30H,1-2H3/t15-,16-,25-,26+/m0/s1. The molecule has 0 saturated carbocycles. The molecule has 4 nitrogen and oxygen atoms in total. The van der Waals surface area contributed by atoms with Gasteiger partial charge in [0.15, 0.2) is 0 Å². The van der Waals surface area contributed by atoms with Gasteiger partial charge in [0.2, 0.25) is 0 Å². The highest BCUT2D eigenvalue weighted by molar-refractivity contribution is 6.08. The number of hydrogen-bond acceptors (Lipinski definition) is 4. The van der Waals surface area contributed by atoms with Crippen molar-refractivity contribution in [1.29, 1.82) is 0 Å². The Hall–Kier alpha value is -2.76. The van der Waals surface area contributed by atoms with Gasteiger partial charge in [-0.3, -0.25) is 0 Å². The normalized spacial score (nSPS) is 15.8. The molecule has 4 aromatic rings. The third-order valence-electron chi connectivity index (χ3n) is 5.72. The van der Waals surface area contributed by atoms with Crippen LogP contribution in [0, 0.1) is 0 Å². The van der Waals surface area contributed by atoms with E-state index in [2.05, 4.69) is 0 Å². The van der Waals surface area contributed by atoms with Crippen LogP contribution in [0.15, 0.2) is 72.8 Å². The van der Waals surface area contributed by atoms with Crippen LogP contribution < -0.4 is 0 Å². The van der Waals surface area contributed by atoms with E-state index in [4.69, 9.17) is 0 Å². The van der Waals surface area contributed by atoms with Gasteiger partial charge in [0.25, 0.3) is 0 Å². The Morgan fingerprint density at radius 2 is 0.867 bits per heavy atom. The topological polar surface area (TPSA) is 80.9 Å². The van der Waals surface area contributed by atoms with Gasteiger partial charge in [-0.2, -0.15) is 0 Å². The predicted octanol–water partition coefficient (Wildman–Crippen LogP) is 4.49. The average molecular weight is 402 g/mol. The molecule has 0 saturated heterocycles. The highest BCUT2D eigenvalue weighted by Gasteiger charge is 2.26. The molecule has 0 unspecified atom stereocenters. The van der Waals surface area contributed by atoms with E-state index in [0.29, 0.717) is 11.1 Å². The van der Waals surface area contributed by atoms with Crippen LogP contribution in [0.4, 0.5) is 0 Å². The number of fused-ring (bicyclic) bond motifs is 2. The summed E-state index contributed by atoms with van der Waals surface area (Å²) in [6.45, 7) is 3.11. The van der Waals surface area contributed by atoms with Crippen molar-refractivity contribution >= 4 is 21.5 Å². The van der Waals surface area contributed by atoms with Crippen LogP contribution in [0.25, 0.3) is 32.7 Å². The molecule has 0 aliphatic heterocycles. The molecular weight excluding hydrogens is 376 g/mol. The minimum absolute atomic E-state index is 0.582. The lowest BCUT2D eigenvalue weighted by molar-refractivity contribution is 0.0299. The summed E-state index contributed by atoms with van der Waals surface area (Å²) in [6.07, 6.45) is -4.13. The number of aliphatic hydroxyl groups is 4. The van der Waals surface area contributed by atoms with Gasteiger partial charge < -0.3 is 20.4 Å². The van der Waals surface area contributed by atoms with Crippen molar-refractivity contribution < 1.29 is 20.4 Å². The van der Waals surface area contributed by atoms with E-state index >= 15 is 0 Å². The first-order valence-electron chi connectivity index (χ1n) is 10.2. The Labute approximate surface area is 175 Å². The Bertz CT molecular complexity index is 1100. The molecule has 4 heteroatoms. The Kier molecular flexibility index (Phi) is 5.58. The Morgan fingerprint density at radius 1 is 0.500 bits per heavy atom. The quantitative estimate of drug-likeness (QED) is 0.397. The summed E-state index contributed by atoms with van der Waals surface area (Å²) in [4.78, 5) is 0. The molecule has 4 rings (SSSR count). The summed E-state index contributed by atoms with van der Waals surface area (Å²) in [5, 5.41) is 45.8. The van der Waals surface area contributed by atoms with Crippen LogP contribution in [0.5, 0.6) is 0 Å². The first-order chi connectivity index (χ1) is 14.4. The summed E-state index contributed by atoms with van der Waals surface area (Å²) in [5.74, 6) is 0. The van der Waals surface area contributed by atoms with Gasteiger partial charge in [-0.1, -0.05) is 72.8 Å². The highest BCUT2D eigenvalue weighted by Crippen LogP contribution is 2.43. The second-order valence-corrected chi connectivity index (χ2v) is 7.87. The van der Waals surface area contributed by atoms with Crippen molar-refractivity contribution in [2.45, 2.75) is 38.3 Å². The second-order valence-electron chi connectivity index (χ2n) is 7.87. The molecule has 0 aliphatic carbocycles. The van der Waals surface area contributed by atoms with Crippen molar-refractivity contribution in [2.75, 3.05) is 0 Å². The van der Waals surface area contributed by atoms with Gasteiger partial charge in [0.05, 0.1) is 12.2 Å². The van der Waals surface area contributed by atoms with E-state index in [1.54, 1.807) is 13.8 Å². The molecule has 0 bridgehead atoms. The lowest BCUT2D eigenvalue weighted by Crippen LogP contribution is -2.17. The number of hydrogen-bond donors (Lipinski definition) is 4. The molecule has 4 aromatic carbocycles. The molecule has 0 aromatic heterocycles. The van der Waals surface area contributed by atoms with Crippen molar-refractivity contribution in [3.05, 3.63) is 83.9 Å². The molecule has 0 amide bonds. The SMILES string of the molecule is C[C@H](O)[C@H](O)c1ccc2ccccc2c1-c1c([C@H](O)[C@H](C)O)ccc2ccccc12. The molecule has 30 heavy (non-hydrogen) atoms. The highest BCUT2D eigenvalue weighted by atomic mass is 16.3. The third-order valence-corrected chi connectivity index (χ3v) is 5.72. The maximum absolute atomic E-state index is 10.8. The van der Waals surface area contributed by atoms with Crippen LogP contribution in [0.2, 0.25) is 0 Å². The predicted molar refractivity (Wildman–Crippen MR) is 120 cm³/mol. The minimum Gasteiger partial charge on any atom is -0.390 e. The molecule has 154 valence electrons. The molecule has 4 N–H and O–H groups in total. The molecule has 0 heterocycles. The van der Waals surface area contributed by atoms with Crippen molar-refractivity contribution in [3.63, 3.8) is 0 Å². The maximum Gasteiger partial charge on any atom is 0.105 e. The average Bonchev–Trinajstić information content (AvgIpc) is 2.76. The molecular formula is C26H26O4. The first kappa shape index (κ1) is 20.5. The Balaban J connectivity index is 2.19. The number of benzene rings is 4. The van der Waals surface area contributed by atoms with Crippen LogP contribution in [0.3, 0.4) is 0 Å². The smallest absolute Gasteiger partial charge is 0.105 e. The zero-order chi connectivity index (χ0) is 21.4. The van der Waals surface area contributed by atoms with Crippen molar-refractivity contribution in [2.24, 2.45) is 0 Å². The minimum atomic E-state index is -1.10. The fraction of sp³-hybridized carbons (Fsp3) is 0.231. The summed E-state index contributed by atoms with van der Waals surface area (Å²) in [6, 6.07) is 23.2. The van der Waals surface area contributed by atoms with Crippen LogP contribution in [0.1, 0.15) is 37.2 Å². The maximum atomic E-state index is 10.8. The monoisotopic (exact) mass is 402 g/mol. The third kappa shape index (κ3) is 3.48. The first-order valence-corrected chi connectivity index (χ1v) is 10.2. The van der Waals surface area contributed by atoms with Gasteiger partial charge in [0, 0.05) is 0 Å². The molecule has 0 spiro atoms. The van der Waals surface area contributed by atoms with Gasteiger partial charge in [-0.05, 0) is 57.6 Å². The van der Waals surface area contributed by atoms with Gasteiger partial charge in [-0.25, -0.2) is 0 Å². The fourth-order valence-electron chi connectivity index (χ4n) is 4.15. The van der Waals surface area contributed by atoms with E-state index in [1.807, 2.05) is 72.8 Å². The van der Waals surface area contributed by atoms with Gasteiger partial charge in [0.1, 0.15) is 12.2 Å². The van der Waals surface area contributed by atoms with Gasteiger partial charge >= 0.3 is 0 Å². The fourth-order valence-corrected chi connectivity index (χ4v) is 4.15. The summed E-state index contributed by atoms with van der Waals surface area (Å²) >= 11 is 0. The number of rotatable bonds is 5. The molecule has 4 atom stereocenters. The van der Waals surface area contributed by atoms with Crippen LogP contribution in [-0.2, 0) is 0 Å². The summed E-state index contributed by atoms with van der Waals surface area (Å²) < 4.78 is 0. The van der Waals surface area contributed by atoms with Crippen LogP contribution >= 0.6 is 0 Å². The summed E-state index contributed by atoms with van der Waals surface area (Å²) in [7, 11) is 0. The lowest BCUT2D eigenvalue weighted by Gasteiger charge is -2.25. The van der Waals surface area contributed by atoms with E-state index in [1.165, 1.54) is 0 Å². The lowest BCUT2D eigenvalue weighted by atomic mass is 9.83. The van der Waals surface area contributed by atoms with E-state index in [9.17, 15) is 20.4 Å². The zero-order valence-corrected chi connectivity index (χ0v) is 17.0. The molecule has 0 fully saturated rings. The van der Waals surface area contributed by atoms with E-state index < -0.39 is 24.4 Å².